The summed E-state index contributed by atoms with van der Waals surface area (Å²) in [7, 11) is 0. The number of rotatable bonds is 3. The van der Waals surface area contributed by atoms with Gasteiger partial charge in [0, 0.05) is 0 Å². The van der Waals surface area contributed by atoms with E-state index in [2.05, 4.69) is 10.1 Å². The van der Waals surface area contributed by atoms with Gasteiger partial charge < -0.3 is 10.1 Å². The van der Waals surface area contributed by atoms with Crippen LogP contribution in [0, 0.1) is 27.3 Å². The summed E-state index contributed by atoms with van der Waals surface area (Å²) in [6.07, 6.45) is 2.35. The van der Waals surface area contributed by atoms with Crippen LogP contribution in [-0.4, -0.2) is 19.7 Å². The highest BCUT2D eigenvalue weighted by atomic mass is 19.1. The smallest absolute Gasteiger partial charge is 0.358 e. The van der Waals surface area contributed by atoms with E-state index in [1.54, 1.807) is 6.07 Å². The van der Waals surface area contributed by atoms with Gasteiger partial charge in [0.05, 0.1) is 34.8 Å². The Morgan fingerprint density at radius 3 is 3.00 bits per heavy atom. The summed E-state index contributed by atoms with van der Waals surface area (Å²) in [5.41, 5.74) is 0.271. The number of hydrogen-bond donors (Lipinski definition) is 0. The molecular weight excluding hydrogens is 241 g/mol. The SMILES string of the molecule is N#Cc1cc(Cn2ccc([N+](=O)[O-])n2)ncc1F. The third-order valence-corrected chi connectivity index (χ3v) is 2.17. The average Bonchev–Trinajstić information content (AvgIpc) is 2.80. The van der Waals surface area contributed by atoms with Crippen LogP contribution in [0.4, 0.5) is 10.2 Å². The van der Waals surface area contributed by atoms with Crippen molar-refractivity contribution in [3.63, 3.8) is 0 Å². The van der Waals surface area contributed by atoms with E-state index in [9.17, 15) is 14.5 Å². The molecule has 0 aliphatic carbocycles. The normalized spacial score (nSPS) is 10.0. The monoisotopic (exact) mass is 247 g/mol. The maximum Gasteiger partial charge on any atom is 0.389 e. The zero-order valence-corrected chi connectivity index (χ0v) is 8.95. The highest BCUT2D eigenvalue weighted by molar-refractivity contribution is 5.30. The lowest BCUT2D eigenvalue weighted by Crippen LogP contribution is -2.04. The molecule has 0 saturated heterocycles. The molecule has 18 heavy (non-hydrogen) atoms. The summed E-state index contributed by atoms with van der Waals surface area (Å²) in [4.78, 5) is 13.6. The summed E-state index contributed by atoms with van der Waals surface area (Å²) in [5, 5.41) is 22.8. The van der Waals surface area contributed by atoms with Crippen LogP contribution in [-0.2, 0) is 6.54 Å². The maximum absolute atomic E-state index is 13.0. The van der Waals surface area contributed by atoms with Crippen LogP contribution in [0.25, 0.3) is 0 Å². The standard InChI is InChI=1S/C10H6FN5O2/c11-9-5-13-8(3-7(9)4-12)6-15-2-1-10(14-15)16(17)18/h1-3,5H,6H2. The molecule has 7 nitrogen and oxygen atoms in total. The number of pyridine rings is 1. The number of hydrogen-bond acceptors (Lipinski definition) is 5. The molecule has 0 amide bonds. The minimum absolute atomic E-state index is 0.123. The molecule has 0 saturated carbocycles. The molecule has 2 heterocycles. The number of nitriles is 1. The Labute approximate surface area is 100 Å². The molecular formula is C10H6FN5O2. The van der Waals surface area contributed by atoms with Gasteiger partial charge in [0.15, 0.2) is 5.82 Å². The van der Waals surface area contributed by atoms with Gasteiger partial charge in [-0.3, -0.25) is 4.98 Å². The molecule has 2 rings (SSSR count). The van der Waals surface area contributed by atoms with Crippen LogP contribution in [0.3, 0.4) is 0 Å². The summed E-state index contributed by atoms with van der Waals surface area (Å²) in [6.45, 7) is 0.128. The van der Waals surface area contributed by atoms with Crippen molar-refractivity contribution < 1.29 is 9.31 Å². The topological polar surface area (TPSA) is 97.6 Å². The first-order valence-corrected chi connectivity index (χ1v) is 4.82. The molecule has 8 heteroatoms. The lowest BCUT2D eigenvalue weighted by atomic mass is 10.2. The molecule has 0 spiro atoms. The van der Waals surface area contributed by atoms with Gasteiger partial charge in [-0.1, -0.05) is 0 Å². The fraction of sp³-hybridized carbons (Fsp3) is 0.100. The molecule has 0 aliphatic heterocycles. The van der Waals surface area contributed by atoms with Gasteiger partial charge in [0.1, 0.15) is 12.6 Å². The minimum Gasteiger partial charge on any atom is -0.358 e. The van der Waals surface area contributed by atoms with Gasteiger partial charge in [-0.2, -0.15) is 9.94 Å². The summed E-state index contributed by atoms with van der Waals surface area (Å²) in [6, 6.07) is 4.22. The van der Waals surface area contributed by atoms with Crippen molar-refractivity contribution in [2.75, 3.05) is 0 Å². The van der Waals surface area contributed by atoms with Crippen LogP contribution < -0.4 is 0 Å². The minimum atomic E-state index is -0.701. The number of halogens is 1. The zero-order valence-electron chi connectivity index (χ0n) is 8.95. The van der Waals surface area contributed by atoms with Gasteiger partial charge in [-0.05, 0) is 11.0 Å². The summed E-state index contributed by atoms with van der Waals surface area (Å²) >= 11 is 0. The molecule has 0 fully saturated rings. The molecule has 0 bridgehead atoms. The van der Waals surface area contributed by atoms with Gasteiger partial charge in [-0.25, -0.2) is 4.39 Å². The van der Waals surface area contributed by atoms with Crippen LogP contribution in [0.2, 0.25) is 0 Å². The molecule has 0 aliphatic rings. The van der Waals surface area contributed by atoms with Crippen LogP contribution in [0.15, 0.2) is 24.5 Å². The molecule has 2 aromatic heterocycles. The van der Waals surface area contributed by atoms with Gasteiger partial charge >= 0.3 is 5.82 Å². The summed E-state index contributed by atoms with van der Waals surface area (Å²) < 4.78 is 14.3. The first kappa shape index (κ1) is 11.7. The second-order valence-electron chi connectivity index (χ2n) is 3.40. The van der Waals surface area contributed by atoms with Gasteiger partial charge in [0.25, 0.3) is 0 Å². The zero-order chi connectivity index (χ0) is 13.1. The maximum atomic E-state index is 13.0. The van der Waals surface area contributed by atoms with E-state index in [1.165, 1.54) is 23.0 Å². The van der Waals surface area contributed by atoms with Crippen LogP contribution >= 0.6 is 0 Å². The highest BCUT2D eigenvalue weighted by Crippen LogP contribution is 2.10. The Kier molecular flexibility index (Phi) is 2.97. The molecule has 0 radical (unpaired) electrons. The van der Waals surface area contributed by atoms with E-state index < -0.39 is 10.7 Å². The van der Waals surface area contributed by atoms with Crippen LogP contribution in [0.1, 0.15) is 11.3 Å². The Balaban J connectivity index is 2.23. The second kappa shape index (κ2) is 4.58. The van der Waals surface area contributed by atoms with Gasteiger partial charge in [0.2, 0.25) is 0 Å². The molecule has 0 N–H and O–H groups in total. The van der Waals surface area contributed by atoms with E-state index in [0.29, 0.717) is 5.69 Å². The van der Waals surface area contributed by atoms with Crippen molar-refractivity contribution >= 4 is 5.82 Å². The first-order chi connectivity index (χ1) is 8.60. The molecule has 0 unspecified atom stereocenters. The van der Waals surface area contributed by atoms with E-state index in [1.807, 2.05) is 0 Å². The fourth-order valence-corrected chi connectivity index (χ4v) is 1.36. The average molecular weight is 247 g/mol. The third-order valence-electron chi connectivity index (χ3n) is 2.17. The molecule has 90 valence electrons. The van der Waals surface area contributed by atoms with Crippen molar-refractivity contribution in [1.82, 2.24) is 14.8 Å². The summed E-state index contributed by atoms with van der Waals surface area (Å²) in [5.74, 6) is -0.981. The Morgan fingerprint density at radius 1 is 1.61 bits per heavy atom. The van der Waals surface area contributed by atoms with Crippen molar-refractivity contribution in [2.24, 2.45) is 0 Å². The largest absolute Gasteiger partial charge is 0.389 e. The van der Waals surface area contributed by atoms with Crippen LogP contribution in [0.5, 0.6) is 0 Å². The second-order valence-corrected chi connectivity index (χ2v) is 3.40. The van der Waals surface area contributed by atoms with E-state index >= 15 is 0 Å². The van der Waals surface area contributed by atoms with Crippen molar-refractivity contribution in [1.29, 1.82) is 5.26 Å². The first-order valence-electron chi connectivity index (χ1n) is 4.82. The number of nitro groups is 1. The van der Waals surface area contributed by atoms with Crippen molar-refractivity contribution in [3.8, 4) is 6.07 Å². The van der Waals surface area contributed by atoms with E-state index in [-0.39, 0.29) is 17.9 Å². The molecule has 0 atom stereocenters. The lowest BCUT2D eigenvalue weighted by molar-refractivity contribution is -0.389. The Hall–Kier alpha value is -2.82. The van der Waals surface area contributed by atoms with Gasteiger partial charge in [-0.15, -0.1) is 0 Å². The quantitative estimate of drug-likeness (QED) is 0.600. The Morgan fingerprint density at radius 2 is 2.39 bits per heavy atom. The molecule has 2 aromatic rings. The fourth-order valence-electron chi connectivity index (χ4n) is 1.36. The third kappa shape index (κ3) is 2.30. The van der Waals surface area contributed by atoms with Crippen molar-refractivity contribution in [2.45, 2.75) is 6.54 Å². The van der Waals surface area contributed by atoms with E-state index in [4.69, 9.17) is 5.26 Å². The highest BCUT2D eigenvalue weighted by Gasteiger charge is 2.12. The predicted molar refractivity (Wildman–Crippen MR) is 56.9 cm³/mol. The lowest BCUT2D eigenvalue weighted by Gasteiger charge is -1.99. The number of aromatic nitrogens is 3. The Bertz CT molecular complexity index is 646. The molecule has 0 aromatic carbocycles. The number of nitrogens with zero attached hydrogens (tertiary/aromatic N) is 5. The van der Waals surface area contributed by atoms with Crippen molar-refractivity contribution in [3.05, 3.63) is 51.7 Å². The predicted octanol–water partition coefficient (Wildman–Crippen LogP) is 1.25. The van der Waals surface area contributed by atoms with E-state index in [0.717, 1.165) is 6.20 Å².